The predicted molar refractivity (Wildman–Crippen MR) is 342 cm³/mol. The molecule has 0 spiro atoms. The van der Waals surface area contributed by atoms with Crippen LogP contribution in [0.5, 0.6) is 0 Å². The minimum absolute atomic E-state index is 0.0106. The predicted octanol–water partition coefficient (Wildman–Crippen LogP) is 22.5. The average molecular weight is 1090 g/mol. The molecule has 2 unspecified atom stereocenters. The maximum absolute atomic E-state index is 12.4. The van der Waals surface area contributed by atoms with E-state index in [2.05, 4.69) is 55.6 Å². The number of ether oxygens (including phenoxy) is 1. The summed E-state index contributed by atoms with van der Waals surface area (Å²) in [6.07, 6.45) is 87.7. The Kier molecular flexibility index (Phi) is 65.4. The largest absolute Gasteiger partial charge is 0.466 e. The molecule has 0 aliphatic carbocycles. The van der Waals surface area contributed by atoms with Crippen LogP contribution in [0.1, 0.15) is 373 Å². The Morgan fingerprint density at radius 1 is 0.359 bits per heavy atom. The van der Waals surface area contributed by atoms with Gasteiger partial charge in [-0.15, -0.1) is 0 Å². The van der Waals surface area contributed by atoms with Gasteiger partial charge in [0, 0.05) is 12.8 Å². The second kappa shape index (κ2) is 67.3. The number of amides is 1. The highest BCUT2D eigenvalue weighted by molar-refractivity contribution is 5.76. The second-order valence-corrected chi connectivity index (χ2v) is 23.9. The third kappa shape index (κ3) is 63.0. The molecule has 0 fully saturated rings. The van der Waals surface area contributed by atoms with Crippen molar-refractivity contribution in [1.82, 2.24) is 5.32 Å². The molecule has 458 valence electrons. The maximum Gasteiger partial charge on any atom is 0.305 e. The first-order valence-electron chi connectivity index (χ1n) is 34.9. The van der Waals surface area contributed by atoms with Crippen LogP contribution in [-0.4, -0.2) is 47.4 Å². The van der Waals surface area contributed by atoms with E-state index in [0.717, 1.165) is 51.4 Å². The summed E-state index contributed by atoms with van der Waals surface area (Å²) in [6, 6.07) is -0.625. The molecule has 0 heterocycles. The molecule has 0 radical (unpaired) electrons. The lowest BCUT2D eigenvalue weighted by atomic mass is 10.0. The van der Waals surface area contributed by atoms with Gasteiger partial charge in [-0.25, -0.2) is 0 Å². The maximum atomic E-state index is 12.4. The van der Waals surface area contributed by atoms with E-state index in [0.29, 0.717) is 19.4 Å². The molecule has 0 bridgehead atoms. The highest BCUT2D eigenvalue weighted by Crippen LogP contribution is 2.18. The first-order valence-corrected chi connectivity index (χ1v) is 34.9. The summed E-state index contributed by atoms with van der Waals surface area (Å²) in [5.74, 6) is -0.0552. The number of aliphatic hydroxyl groups is 2. The molecule has 0 saturated carbocycles. The van der Waals surface area contributed by atoms with Gasteiger partial charge in [-0.3, -0.25) is 9.59 Å². The van der Waals surface area contributed by atoms with Crippen LogP contribution in [0.3, 0.4) is 0 Å². The Hall–Kier alpha value is -2.18. The van der Waals surface area contributed by atoms with Crippen LogP contribution in [0.4, 0.5) is 0 Å². The first-order chi connectivity index (χ1) is 38.5. The van der Waals surface area contributed by atoms with Crippen LogP contribution in [0, 0.1) is 0 Å². The van der Waals surface area contributed by atoms with Crippen molar-refractivity contribution in [2.45, 2.75) is 386 Å². The standard InChI is InChI=1S/C72H135NO5/c1-3-5-7-9-11-13-15-16-17-18-36-39-42-46-50-54-58-62-66-72(77)78-67-63-59-55-51-47-43-40-37-34-32-30-28-26-24-22-20-19-21-23-25-27-29-31-33-35-38-41-45-49-53-57-61-65-71(76)73-69(68-74)70(75)64-60-56-52-48-44-14-12-10-8-6-4-2/h13,15,17-18,22,24,60,64,69-70,74-75H,3-12,14,16,19-21,23,25-59,61-63,65-68H2,1-2H3,(H,73,76)/b15-13-,18-17-,24-22-,64-60+. The van der Waals surface area contributed by atoms with Gasteiger partial charge in [0.25, 0.3) is 0 Å². The quantitative estimate of drug-likeness (QED) is 0.0320. The van der Waals surface area contributed by atoms with Crippen molar-refractivity contribution < 1.29 is 24.5 Å². The fourth-order valence-corrected chi connectivity index (χ4v) is 10.7. The van der Waals surface area contributed by atoms with E-state index in [4.69, 9.17) is 4.74 Å². The molecule has 1 amide bonds. The monoisotopic (exact) mass is 1090 g/mol. The lowest BCUT2D eigenvalue weighted by Crippen LogP contribution is -2.45. The van der Waals surface area contributed by atoms with Gasteiger partial charge in [0.2, 0.25) is 5.91 Å². The zero-order chi connectivity index (χ0) is 56.4. The van der Waals surface area contributed by atoms with E-state index < -0.39 is 12.1 Å². The van der Waals surface area contributed by atoms with Crippen LogP contribution in [-0.2, 0) is 14.3 Å². The van der Waals surface area contributed by atoms with Gasteiger partial charge in [0.1, 0.15) is 0 Å². The van der Waals surface area contributed by atoms with Crippen LogP contribution >= 0.6 is 0 Å². The normalized spacial score (nSPS) is 12.8. The molecular weight excluding hydrogens is 959 g/mol. The van der Waals surface area contributed by atoms with Gasteiger partial charge in [-0.2, -0.15) is 0 Å². The minimum atomic E-state index is -0.841. The highest BCUT2D eigenvalue weighted by Gasteiger charge is 2.18. The summed E-state index contributed by atoms with van der Waals surface area (Å²) >= 11 is 0. The van der Waals surface area contributed by atoms with Crippen molar-refractivity contribution in [3.63, 3.8) is 0 Å². The Bertz CT molecular complexity index is 1310. The lowest BCUT2D eigenvalue weighted by molar-refractivity contribution is -0.143. The van der Waals surface area contributed by atoms with E-state index in [1.165, 1.54) is 295 Å². The molecule has 0 aliphatic rings. The van der Waals surface area contributed by atoms with E-state index in [-0.39, 0.29) is 18.5 Å². The zero-order valence-electron chi connectivity index (χ0n) is 52.4. The van der Waals surface area contributed by atoms with Crippen LogP contribution in [0.15, 0.2) is 48.6 Å². The fourth-order valence-electron chi connectivity index (χ4n) is 10.7. The van der Waals surface area contributed by atoms with E-state index >= 15 is 0 Å². The van der Waals surface area contributed by atoms with Gasteiger partial charge >= 0.3 is 5.97 Å². The lowest BCUT2D eigenvalue weighted by Gasteiger charge is -2.20. The summed E-state index contributed by atoms with van der Waals surface area (Å²) < 4.78 is 5.50. The topological polar surface area (TPSA) is 95.9 Å². The summed E-state index contributed by atoms with van der Waals surface area (Å²) in [6.45, 7) is 4.89. The van der Waals surface area contributed by atoms with E-state index in [1.807, 2.05) is 6.08 Å². The smallest absolute Gasteiger partial charge is 0.305 e. The number of unbranched alkanes of at least 4 members (excludes halogenated alkanes) is 48. The Labute approximate surface area is 486 Å². The van der Waals surface area contributed by atoms with E-state index in [9.17, 15) is 19.8 Å². The molecule has 0 aromatic rings. The molecule has 0 aliphatic heterocycles. The molecule has 3 N–H and O–H groups in total. The summed E-state index contributed by atoms with van der Waals surface area (Å²) in [5.41, 5.74) is 0. The summed E-state index contributed by atoms with van der Waals surface area (Å²) in [7, 11) is 0. The number of carbonyl (C=O) groups is 2. The third-order valence-corrected chi connectivity index (χ3v) is 16.1. The Balaban J connectivity index is 3.35. The zero-order valence-corrected chi connectivity index (χ0v) is 52.4. The van der Waals surface area contributed by atoms with Crippen LogP contribution in [0.25, 0.3) is 0 Å². The number of hydrogen-bond donors (Lipinski definition) is 3. The van der Waals surface area contributed by atoms with Crippen molar-refractivity contribution in [1.29, 1.82) is 0 Å². The Morgan fingerprint density at radius 2 is 0.641 bits per heavy atom. The number of allylic oxidation sites excluding steroid dienone is 7. The molecular formula is C72H135NO5. The molecule has 6 heteroatoms. The number of hydrogen-bond acceptors (Lipinski definition) is 5. The molecule has 6 nitrogen and oxygen atoms in total. The summed E-state index contributed by atoms with van der Waals surface area (Å²) in [5, 5.41) is 23.1. The molecule has 0 rings (SSSR count). The fraction of sp³-hybridized carbons (Fsp3) is 0.861. The van der Waals surface area contributed by atoms with Crippen molar-refractivity contribution in [2.75, 3.05) is 13.2 Å². The number of aliphatic hydroxyl groups excluding tert-OH is 2. The molecule has 2 atom stereocenters. The number of rotatable bonds is 65. The van der Waals surface area contributed by atoms with Crippen LogP contribution < -0.4 is 5.32 Å². The second-order valence-electron chi connectivity index (χ2n) is 23.9. The third-order valence-electron chi connectivity index (χ3n) is 16.1. The van der Waals surface area contributed by atoms with E-state index in [1.54, 1.807) is 6.08 Å². The summed E-state index contributed by atoms with van der Waals surface area (Å²) in [4.78, 5) is 24.5. The molecule has 0 aromatic carbocycles. The van der Waals surface area contributed by atoms with Gasteiger partial charge in [0.15, 0.2) is 0 Å². The molecule has 0 saturated heterocycles. The van der Waals surface area contributed by atoms with Crippen molar-refractivity contribution in [2.24, 2.45) is 0 Å². The molecule has 78 heavy (non-hydrogen) atoms. The Morgan fingerprint density at radius 3 is 1.00 bits per heavy atom. The van der Waals surface area contributed by atoms with Gasteiger partial charge in [-0.1, -0.05) is 319 Å². The van der Waals surface area contributed by atoms with Crippen molar-refractivity contribution in [3.05, 3.63) is 48.6 Å². The SMILES string of the molecule is CCCCCC/C=C\C/C=C\CCCCCCCCCC(=O)OCCCCCCCCCCCCCC/C=C\CCCCCCCCCCCCCCCCCCC(=O)NC(CO)C(O)/C=C/CCCCCCCCCCC. The number of esters is 1. The first kappa shape index (κ1) is 75.8. The van der Waals surface area contributed by atoms with Crippen molar-refractivity contribution >= 4 is 11.9 Å². The van der Waals surface area contributed by atoms with Crippen LogP contribution in [0.2, 0.25) is 0 Å². The van der Waals surface area contributed by atoms with Gasteiger partial charge in [0.05, 0.1) is 25.4 Å². The molecule has 0 aromatic heterocycles. The highest BCUT2D eigenvalue weighted by atomic mass is 16.5. The minimum Gasteiger partial charge on any atom is -0.466 e. The number of nitrogens with one attached hydrogen (secondary N) is 1. The average Bonchev–Trinajstić information content (AvgIpc) is 3.44. The van der Waals surface area contributed by atoms with Crippen molar-refractivity contribution in [3.8, 4) is 0 Å². The van der Waals surface area contributed by atoms with Gasteiger partial charge in [-0.05, 0) is 89.9 Å². The van der Waals surface area contributed by atoms with Gasteiger partial charge < -0.3 is 20.3 Å². The number of carbonyl (C=O) groups excluding carboxylic acids is 2.